The third-order valence-electron chi connectivity index (χ3n) is 2.83. The molecule has 1 rings (SSSR count). The van der Waals surface area contributed by atoms with Crippen LogP contribution in [0.1, 0.15) is 12.5 Å². The molecule has 0 saturated heterocycles. The number of likely N-dealkylation sites (N-methyl/N-ethyl adjacent to an activating group) is 1. The van der Waals surface area contributed by atoms with Crippen molar-refractivity contribution in [3.63, 3.8) is 0 Å². The lowest BCUT2D eigenvalue weighted by molar-refractivity contribution is -0.0505. The monoisotopic (exact) mass is 258 g/mol. The standard InChI is InChI=1S/C13H20F2N2O/c1-10(17(2)3)8-16-9-11-6-4-5-7-12(11)18-13(14)15/h4-7,10,13,16H,8-9H2,1-3H3. The van der Waals surface area contributed by atoms with E-state index in [-0.39, 0.29) is 5.75 Å². The fourth-order valence-corrected chi connectivity index (χ4v) is 1.46. The number of nitrogens with one attached hydrogen (secondary N) is 1. The third-order valence-corrected chi connectivity index (χ3v) is 2.83. The minimum absolute atomic E-state index is 0.234. The van der Waals surface area contributed by atoms with E-state index in [0.717, 1.165) is 12.1 Å². The summed E-state index contributed by atoms with van der Waals surface area (Å²) in [6.07, 6.45) is 0. The van der Waals surface area contributed by atoms with E-state index in [1.165, 1.54) is 0 Å². The molecule has 1 N–H and O–H groups in total. The first kappa shape index (κ1) is 14.9. The van der Waals surface area contributed by atoms with Crippen molar-refractivity contribution in [2.75, 3.05) is 20.6 Å². The van der Waals surface area contributed by atoms with Crippen LogP contribution in [0.3, 0.4) is 0 Å². The molecule has 0 aliphatic heterocycles. The average Bonchev–Trinajstić information content (AvgIpc) is 2.30. The Morgan fingerprint density at radius 3 is 2.56 bits per heavy atom. The molecule has 0 amide bonds. The maximum Gasteiger partial charge on any atom is 0.387 e. The second-order valence-electron chi connectivity index (χ2n) is 4.43. The maximum atomic E-state index is 12.2. The van der Waals surface area contributed by atoms with Gasteiger partial charge in [-0.2, -0.15) is 8.78 Å². The first-order valence-electron chi connectivity index (χ1n) is 5.90. The highest BCUT2D eigenvalue weighted by Crippen LogP contribution is 2.19. The molecule has 0 aliphatic rings. The highest BCUT2D eigenvalue weighted by atomic mass is 19.3. The van der Waals surface area contributed by atoms with Gasteiger partial charge < -0.3 is 15.0 Å². The Morgan fingerprint density at radius 1 is 1.28 bits per heavy atom. The average molecular weight is 258 g/mol. The van der Waals surface area contributed by atoms with Gasteiger partial charge in [-0.25, -0.2) is 0 Å². The predicted octanol–water partition coefficient (Wildman–Crippen LogP) is 2.33. The van der Waals surface area contributed by atoms with Gasteiger partial charge in [0.1, 0.15) is 5.75 Å². The van der Waals surface area contributed by atoms with Crippen molar-refractivity contribution in [1.82, 2.24) is 10.2 Å². The molecular formula is C13H20F2N2O. The van der Waals surface area contributed by atoms with Gasteiger partial charge in [0, 0.05) is 24.7 Å². The van der Waals surface area contributed by atoms with Gasteiger partial charge in [-0.1, -0.05) is 18.2 Å². The van der Waals surface area contributed by atoms with Gasteiger partial charge in [0.25, 0.3) is 0 Å². The van der Waals surface area contributed by atoms with Gasteiger partial charge in [-0.3, -0.25) is 0 Å². The van der Waals surface area contributed by atoms with E-state index in [4.69, 9.17) is 0 Å². The largest absolute Gasteiger partial charge is 0.434 e. The molecule has 0 saturated carbocycles. The van der Waals surface area contributed by atoms with Crippen molar-refractivity contribution in [2.24, 2.45) is 0 Å². The number of benzene rings is 1. The molecule has 18 heavy (non-hydrogen) atoms. The van der Waals surface area contributed by atoms with Crippen LogP contribution in [0, 0.1) is 0 Å². The van der Waals surface area contributed by atoms with Crippen LogP contribution in [0.5, 0.6) is 5.75 Å². The van der Waals surface area contributed by atoms with Crippen molar-refractivity contribution in [2.45, 2.75) is 26.1 Å². The van der Waals surface area contributed by atoms with E-state index in [2.05, 4.69) is 21.9 Å². The summed E-state index contributed by atoms with van der Waals surface area (Å²) in [5.74, 6) is 0.234. The maximum absolute atomic E-state index is 12.2. The lowest BCUT2D eigenvalue weighted by Gasteiger charge is -2.20. The molecule has 1 unspecified atom stereocenters. The number of nitrogens with zero attached hydrogens (tertiary/aromatic N) is 1. The van der Waals surface area contributed by atoms with Crippen LogP contribution >= 0.6 is 0 Å². The Balaban J connectivity index is 2.51. The smallest absolute Gasteiger partial charge is 0.387 e. The zero-order valence-electron chi connectivity index (χ0n) is 11.0. The molecular weight excluding hydrogens is 238 g/mol. The normalized spacial score (nSPS) is 13.1. The summed E-state index contributed by atoms with van der Waals surface area (Å²) in [5.41, 5.74) is 0.740. The van der Waals surface area contributed by atoms with Crippen LogP contribution in [-0.2, 0) is 6.54 Å². The zero-order valence-corrected chi connectivity index (χ0v) is 11.0. The summed E-state index contributed by atoms with van der Waals surface area (Å²) in [5, 5.41) is 3.23. The Hall–Kier alpha value is -1.20. The second-order valence-corrected chi connectivity index (χ2v) is 4.43. The molecule has 0 aromatic heterocycles. The van der Waals surface area contributed by atoms with Crippen LogP contribution in [0.2, 0.25) is 0 Å². The summed E-state index contributed by atoms with van der Waals surface area (Å²) in [6.45, 7) is 0.609. The molecule has 0 aliphatic carbocycles. The highest BCUT2D eigenvalue weighted by molar-refractivity contribution is 5.33. The van der Waals surface area contributed by atoms with E-state index < -0.39 is 6.61 Å². The summed E-state index contributed by atoms with van der Waals surface area (Å²) in [4.78, 5) is 2.09. The van der Waals surface area contributed by atoms with Crippen LogP contribution < -0.4 is 10.1 Å². The highest BCUT2D eigenvalue weighted by Gasteiger charge is 2.09. The number of hydrogen-bond acceptors (Lipinski definition) is 3. The van der Waals surface area contributed by atoms with Crippen molar-refractivity contribution in [1.29, 1.82) is 0 Å². The molecule has 1 aromatic carbocycles. The zero-order chi connectivity index (χ0) is 13.5. The lowest BCUT2D eigenvalue weighted by atomic mass is 10.2. The van der Waals surface area contributed by atoms with Crippen LogP contribution in [0.15, 0.2) is 24.3 Å². The van der Waals surface area contributed by atoms with Gasteiger partial charge in [0.15, 0.2) is 0 Å². The Morgan fingerprint density at radius 2 is 1.94 bits per heavy atom. The lowest BCUT2D eigenvalue weighted by Crippen LogP contribution is -2.35. The quantitative estimate of drug-likeness (QED) is 0.812. The molecule has 0 spiro atoms. The number of halogens is 2. The molecule has 5 heteroatoms. The van der Waals surface area contributed by atoms with E-state index in [1.807, 2.05) is 20.2 Å². The number of alkyl halides is 2. The molecule has 1 aromatic rings. The minimum atomic E-state index is -2.79. The molecule has 0 heterocycles. The van der Waals surface area contributed by atoms with E-state index in [0.29, 0.717) is 12.6 Å². The molecule has 3 nitrogen and oxygen atoms in total. The fourth-order valence-electron chi connectivity index (χ4n) is 1.46. The summed E-state index contributed by atoms with van der Waals surface area (Å²) in [6, 6.07) is 7.21. The van der Waals surface area contributed by atoms with Gasteiger partial charge in [-0.15, -0.1) is 0 Å². The molecule has 0 radical (unpaired) electrons. The first-order valence-corrected chi connectivity index (χ1v) is 5.90. The Labute approximate surface area is 107 Å². The number of para-hydroxylation sites is 1. The number of rotatable bonds is 7. The predicted molar refractivity (Wildman–Crippen MR) is 67.9 cm³/mol. The van der Waals surface area contributed by atoms with Crippen LogP contribution in [-0.4, -0.2) is 38.2 Å². The van der Waals surface area contributed by atoms with Crippen molar-refractivity contribution < 1.29 is 13.5 Å². The summed E-state index contributed by atoms with van der Waals surface area (Å²) < 4.78 is 28.9. The van der Waals surface area contributed by atoms with Gasteiger partial charge >= 0.3 is 6.61 Å². The topological polar surface area (TPSA) is 24.5 Å². The Bertz CT molecular complexity index is 359. The van der Waals surface area contributed by atoms with Crippen LogP contribution in [0.4, 0.5) is 8.78 Å². The van der Waals surface area contributed by atoms with Gasteiger partial charge in [0.05, 0.1) is 0 Å². The molecule has 1 atom stereocenters. The SMILES string of the molecule is CC(CNCc1ccccc1OC(F)F)N(C)C. The van der Waals surface area contributed by atoms with E-state index in [9.17, 15) is 8.78 Å². The Kier molecular flexibility index (Phi) is 6.01. The van der Waals surface area contributed by atoms with E-state index in [1.54, 1.807) is 18.2 Å². The minimum Gasteiger partial charge on any atom is -0.434 e. The fraction of sp³-hybridized carbons (Fsp3) is 0.538. The molecule has 102 valence electrons. The third kappa shape index (κ3) is 4.98. The van der Waals surface area contributed by atoms with Crippen LogP contribution in [0.25, 0.3) is 0 Å². The second kappa shape index (κ2) is 7.28. The summed E-state index contributed by atoms with van der Waals surface area (Å²) >= 11 is 0. The van der Waals surface area contributed by atoms with Gasteiger partial charge in [-0.05, 0) is 27.1 Å². The van der Waals surface area contributed by atoms with E-state index >= 15 is 0 Å². The summed E-state index contributed by atoms with van der Waals surface area (Å²) in [7, 11) is 4.00. The van der Waals surface area contributed by atoms with Gasteiger partial charge in [0.2, 0.25) is 0 Å². The first-order chi connectivity index (χ1) is 8.50. The van der Waals surface area contributed by atoms with Crippen molar-refractivity contribution >= 4 is 0 Å². The molecule has 0 fully saturated rings. The number of ether oxygens (including phenoxy) is 1. The van der Waals surface area contributed by atoms with Crippen molar-refractivity contribution in [3.05, 3.63) is 29.8 Å². The van der Waals surface area contributed by atoms with Crippen molar-refractivity contribution in [3.8, 4) is 5.75 Å². The number of hydrogen-bond donors (Lipinski definition) is 1. The molecule has 0 bridgehead atoms.